The third-order valence-electron chi connectivity index (χ3n) is 4.96. The Labute approximate surface area is 172 Å². The number of fused-ring (bicyclic) bond motifs is 1. The molecule has 0 saturated heterocycles. The maximum absolute atomic E-state index is 14.6. The molecule has 7 heteroatoms. The summed E-state index contributed by atoms with van der Waals surface area (Å²) in [7, 11) is 0. The molecule has 150 valence electrons. The molecule has 0 atom stereocenters. The van der Waals surface area contributed by atoms with Gasteiger partial charge in [-0.1, -0.05) is 6.07 Å². The van der Waals surface area contributed by atoms with Crippen molar-refractivity contribution in [2.75, 3.05) is 16.3 Å². The van der Waals surface area contributed by atoms with Crippen molar-refractivity contribution in [2.24, 2.45) is 0 Å². The number of anilines is 3. The van der Waals surface area contributed by atoms with Crippen molar-refractivity contribution in [3.63, 3.8) is 0 Å². The van der Waals surface area contributed by atoms with E-state index >= 15 is 0 Å². The number of hydrogen-bond donors (Lipinski definition) is 0. The molecule has 0 radical (unpaired) electrons. The number of aromatic nitrogens is 1. The number of carbonyl (C=O) groups excluding carboxylic acids is 1. The van der Waals surface area contributed by atoms with E-state index in [0.29, 0.717) is 23.1 Å². The first-order chi connectivity index (χ1) is 13.9. The number of carbonyl (C=O) groups is 1. The fourth-order valence-corrected chi connectivity index (χ4v) is 4.64. The van der Waals surface area contributed by atoms with Gasteiger partial charge in [0.15, 0.2) is 5.13 Å². The molecule has 0 saturated carbocycles. The van der Waals surface area contributed by atoms with Gasteiger partial charge < -0.3 is 4.90 Å². The molecule has 1 aliphatic rings. The first-order valence-electron chi connectivity index (χ1n) is 9.47. The summed E-state index contributed by atoms with van der Waals surface area (Å²) in [5, 5.41) is 2.40. The Bertz CT molecular complexity index is 1050. The summed E-state index contributed by atoms with van der Waals surface area (Å²) in [5.41, 5.74) is 3.94. The molecule has 0 bridgehead atoms. The van der Waals surface area contributed by atoms with Gasteiger partial charge in [-0.25, -0.2) is 13.8 Å². The molecule has 0 fully saturated rings. The topological polar surface area (TPSA) is 36.4 Å². The van der Waals surface area contributed by atoms with E-state index < -0.39 is 0 Å². The predicted molar refractivity (Wildman–Crippen MR) is 112 cm³/mol. The van der Waals surface area contributed by atoms with Crippen molar-refractivity contribution in [3.05, 3.63) is 70.2 Å². The Morgan fingerprint density at radius 3 is 2.72 bits per heavy atom. The van der Waals surface area contributed by atoms with Crippen molar-refractivity contribution in [1.82, 2.24) is 4.98 Å². The normalized spacial score (nSPS) is 13.3. The van der Waals surface area contributed by atoms with Gasteiger partial charge in [0.05, 0.1) is 23.6 Å². The van der Waals surface area contributed by atoms with Crippen molar-refractivity contribution in [1.29, 1.82) is 0 Å². The smallest absolute Gasteiger partial charge is 0.230 e. The number of thiazole rings is 1. The highest BCUT2D eigenvalue weighted by Gasteiger charge is 2.23. The summed E-state index contributed by atoms with van der Waals surface area (Å²) >= 11 is 1.34. The van der Waals surface area contributed by atoms with Crippen LogP contribution in [0.4, 0.5) is 25.3 Å². The minimum atomic E-state index is -0.363. The molecule has 2 aromatic carbocycles. The molecule has 0 spiro atoms. The van der Waals surface area contributed by atoms with Crippen LogP contribution in [0.15, 0.2) is 41.8 Å². The van der Waals surface area contributed by atoms with Crippen LogP contribution < -0.4 is 9.80 Å². The van der Waals surface area contributed by atoms with E-state index in [9.17, 15) is 13.6 Å². The molecule has 4 rings (SSSR count). The van der Waals surface area contributed by atoms with Crippen LogP contribution in [-0.2, 0) is 17.8 Å². The Hall–Kier alpha value is -2.80. The highest BCUT2D eigenvalue weighted by atomic mass is 32.1. The van der Waals surface area contributed by atoms with E-state index in [1.807, 2.05) is 23.3 Å². The first kappa shape index (κ1) is 19.5. The van der Waals surface area contributed by atoms with Crippen LogP contribution in [0.1, 0.15) is 30.2 Å². The first-order valence-corrected chi connectivity index (χ1v) is 10.3. The van der Waals surface area contributed by atoms with Gasteiger partial charge in [0.2, 0.25) is 5.91 Å². The number of aryl methyl sites for hydroxylation is 2. The lowest BCUT2D eigenvalue weighted by Gasteiger charge is -2.31. The van der Waals surface area contributed by atoms with Gasteiger partial charge in [0.1, 0.15) is 11.6 Å². The number of halogens is 2. The van der Waals surface area contributed by atoms with Gasteiger partial charge in [-0.2, -0.15) is 0 Å². The fourth-order valence-electron chi connectivity index (χ4n) is 3.77. The van der Waals surface area contributed by atoms with Crippen molar-refractivity contribution < 1.29 is 13.6 Å². The van der Waals surface area contributed by atoms with E-state index in [4.69, 9.17) is 0 Å². The van der Waals surface area contributed by atoms with Crippen molar-refractivity contribution >= 4 is 33.8 Å². The monoisotopic (exact) mass is 413 g/mol. The third-order valence-corrected chi connectivity index (χ3v) is 5.84. The molecule has 0 unspecified atom stereocenters. The maximum Gasteiger partial charge on any atom is 0.230 e. The lowest BCUT2D eigenvalue weighted by Crippen LogP contribution is -2.30. The molecule has 1 amide bonds. The molecule has 4 nitrogen and oxygen atoms in total. The van der Waals surface area contributed by atoms with E-state index in [0.717, 1.165) is 36.2 Å². The molecule has 0 N–H and O–H groups in total. The number of amides is 1. The second-order valence-corrected chi connectivity index (χ2v) is 8.07. The lowest BCUT2D eigenvalue weighted by atomic mass is 9.99. The summed E-state index contributed by atoms with van der Waals surface area (Å²) < 4.78 is 27.9. The van der Waals surface area contributed by atoms with Crippen LogP contribution in [0.2, 0.25) is 0 Å². The largest absolute Gasteiger partial charge is 0.363 e. The zero-order chi connectivity index (χ0) is 20.5. The predicted octanol–water partition coefficient (Wildman–Crippen LogP) is 5.37. The van der Waals surface area contributed by atoms with Crippen LogP contribution in [0, 0.1) is 18.6 Å². The van der Waals surface area contributed by atoms with Gasteiger partial charge in [0.25, 0.3) is 0 Å². The van der Waals surface area contributed by atoms with Crippen molar-refractivity contribution in [3.8, 4) is 0 Å². The van der Waals surface area contributed by atoms with Gasteiger partial charge >= 0.3 is 0 Å². The standard InChI is InChI=1S/C22H21F2N3OS/c1-14-10-16-4-3-9-26(21(16)20(24)11-14)12-18-13-29-22(25-18)27(15(2)28)19-7-5-17(23)6-8-19/h5-8,10-11,13H,3-4,9,12H2,1-2H3. The summed E-state index contributed by atoms with van der Waals surface area (Å²) in [6.45, 7) is 4.58. The average molecular weight is 413 g/mol. The van der Waals surface area contributed by atoms with Crippen LogP contribution in [0.3, 0.4) is 0 Å². The number of benzene rings is 2. The zero-order valence-electron chi connectivity index (χ0n) is 16.3. The van der Waals surface area contributed by atoms with Gasteiger partial charge in [-0.05, 0) is 61.2 Å². The molecule has 1 aromatic heterocycles. The summed E-state index contributed by atoms with van der Waals surface area (Å²) in [6, 6.07) is 9.34. The SMILES string of the molecule is CC(=O)N(c1ccc(F)cc1)c1nc(CN2CCCc3cc(C)cc(F)c32)cs1. The zero-order valence-corrected chi connectivity index (χ0v) is 17.1. The van der Waals surface area contributed by atoms with Crippen molar-refractivity contribution in [2.45, 2.75) is 33.2 Å². The minimum Gasteiger partial charge on any atom is -0.363 e. The quantitative estimate of drug-likeness (QED) is 0.577. The second-order valence-electron chi connectivity index (χ2n) is 7.23. The summed E-state index contributed by atoms with van der Waals surface area (Å²) in [4.78, 5) is 20.3. The number of rotatable bonds is 4. The van der Waals surface area contributed by atoms with Gasteiger partial charge in [-0.3, -0.25) is 9.69 Å². The van der Waals surface area contributed by atoms with E-state index in [2.05, 4.69) is 4.98 Å². The molecule has 0 aliphatic carbocycles. The number of hydrogen-bond acceptors (Lipinski definition) is 4. The Morgan fingerprint density at radius 1 is 1.24 bits per heavy atom. The molecular weight excluding hydrogens is 392 g/mol. The number of nitrogens with zero attached hydrogens (tertiary/aromatic N) is 3. The third kappa shape index (κ3) is 4.00. The summed E-state index contributed by atoms with van der Waals surface area (Å²) in [5.74, 6) is -0.771. The molecule has 2 heterocycles. The van der Waals surface area contributed by atoms with Crippen LogP contribution >= 0.6 is 11.3 Å². The second kappa shape index (κ2) is 7.91. The summed E-state index contributed by atoms with van der Waals surface area (Å²) in [6.07, 6.45) is 1.83. The fraction of sp³-hybridized carbons (Fsp3) is 0.273. The van der Waals surface area contributed by atoms with Gasteiger partial charge in [0, 0.05) is 18.8 Å². The van der Waals surface area contributed by atoms with E-state index in [1.54, 1.807) is 18.2 Å². The molecule has 1 aliphatic heterocycles. The Balaban J connectivity index is 1.60. The highest BCUT2D eigenvalue weighted by Crippen LogP contribution is 2.34. The maximum atomic E-state index is 14.6. The van der Waals surface area contributed by atoms with E-state index in [-0.39, 0.29) is 17.5 Å². The highest BCUT2D eigenvalue weighted by molar-refractivity contribution is 7.14. The van der Waals surface area contributed by atoms with Crippen LogP contribution in [0.5, 0.6) is 0 Å². The molecule has 29 heavy (non-hydrogen) atoms. The Morgan fingerprint density at radius 2 is 2.00 bits per heavy atom. The average Bonchev–Trinajstić information content (AvgIpc) is 3.10. The van der Waals surface area contributed by atoms with E-state index in [1.165, 1.54) is 35.3 Å². The molecular formula is C22H21F2N3OS. The molecule has 3 aromatic rings. The van der Waals surface area contributed by atoms with Crippen LogP contribution in [0.25, 0.3) is 0 Å². The van der Waals surface area contributed by atoms with Crippen LogP contribution in [-0.4, -0.2) is 17.4 Å². The van der Waals surface area contributed by atoms with Gasteiger partial charge in [-0.15, -0.1) is 11.3 Å². The Kier molecular flexibility index (Phi) is 5.32. The minimum absolute atomic E-state index is 0.202. The lowest BCUT2D eigenvalue weighted by molar-refractivity contribution is -0.115.